The second-order valence-corrected chi connectivity index (χ2v) is 19.6. The van der Waals surface area contributed by atoms with E-state index in [2.05, 4.69) is 32.9 Å². The molecule has 0 aliphatic carbocycles. The van der Waals surface area contributed by atoms with Crippen LogP contribution >= 0.6 is 0 Å². The number of rotatable bonds is 53. The molecule has 0 aromatic carbocycles. The third-order valence-corrected chi connectivity index (χ3v) is 13.0. The van der Waals surface area contributed by atoms with E-state index in [0.717, 1.165) is 57.8 Å². The number of allylic oxidation sites excluding steroid dienone is 2. The number of hydrogen-bond acceptors (Lipinski definition) is 6. The number of ether oxygens (including phenoxy) is 3. The molecule has 6 heteroatoms. The van der Waals surface area contributed by atoms with Crippen molar-refractivity contribution in [2.45, 2.75) is 329 Å². The molecule has 0 N–H and O–H groups in total. The molecule has 0 amide bonds. The Balaban J connectivity index is 4.14. The second-order valence-electron chi connectivity index (χ2n) is 19.6. The minimum absolute atomic E-state index is 0.0655. The van der Waals surface area contributed by atoms with Gasteiger partial charge in [0.25, 0.3) is 0 Å². The standard InChI is InChI=1S/C58H110O6/c1-4-7-10-13-16-18-20-22-24-26-28-30-31-33-35-37-39-42-45-48-51-57(60)63-54-55(53-62-56(59)50-47-44-41-15-12-9-6-3)64-58(61)52-49-46-43-40-38-36-34-32-29-27-25-23-21-19-17-14-11-8-5-2/h23,25,55H,4-22,24,26-54H2,1-3H3/b25-23-. The fourth-order valence-corrected chi connectivity index (χ4v) is 8.68. The Morgan fingerprint density at radius 2 is 0.516 bits per heavy atom. The maximum Gasteiger partial charge on any atom is 0.306 e. The van der Waals surface area contributed by atoms with Gasteiger partial charge < -0.3 is 14.2 Å². The lowest BCUT2D eigenvalue weighted by Crippen LogP contribution is -2.30. The average Bonchev–Trinajstić information content (AvgIpc) is 3.29. The van der Waals surface area contributed by atoms with Crippen LogP contribution in [0.15, 0.2) is 12.2 Å². The molecule has 0 rings (SSSR count). The lowest BCUT2D eigenvalue weighted by Gasteiger charge is -2.18. The van der Waals surface area contributed by atoms with Crippen molar-refractivity contribution in [3.8, 4) is 0 Å². The van der Waals surface area contributed by atoms with Crippen molar-refractivity contribution >= 4 is 17.9 Å². The smallest absolute Gasteiger partial charge is 0.306 e. The molecule has 0 bridgehead atoms. The third-order valence-electron chi connectivity index (χ3n) is 13.0. The van der Waals surface area contributed by atoms with E-state index in [1.165, 1.54) is 225 Å². The van der Waals surface area contributed by atoms with Crippen molar-refractivity contribution in [2.24, 2.45) is 0 Å². The highest BCUT2D eigenvalue weighted by Gasteiger charge is 2.19. The van der Waals surface area contributed by atoms with E-state index < -0.39 is 6.10 Å². The van der Waals surface area contributed by atoms with Crippen LogP contribution in [0.2, 0.25) is 0 Å². The van der Waals surface area contributed by atoms with Gasteiger partial charge in [0, 0.05) is 19.3 Å². The van der Waals surface area contributed by atoms with Gasteiger partial charge in [0.05, 0.1) is 0 Å². The first-order chi connectivity index (χ1) is 31.5. The Hall–Kier alpha value is -1.85. The summed E-state index contributed by atoms with van der Waals surface area (Å²) in [5.74, 6) is -0.853. The lowest BCUT2D eigenvalue weighted by molar-refractivity contribution is -0.167. The zero-order valence-corrected chi connectivity index (χ0v) is 43.3. The van der Waals surface area contributed by atoms with E-state index in [-0.39, 0.29) is 31.1 Å². The van der Waals surface area contributed by atoms with E-state index in [1.807, 2.05) is 0 Å². The molecule has 378 valence electrons. The van der Waals surface area contributed by atoms with Gasteiger partial charge >= 0.3 is 17.9 Å². The van der Waals surface area contributed by atoms with Crippen LogP contribution in [0.1, 0.15) is 323 Å². The largest absolute Gasteiger partial charge is 0.462 e. The summed E-state index contributed by atoms with van der Waals surface area (Å²) < 4.78 is 16.8. The maximum absolute atomic E-state index is 12.8. The summed E-state index contributed by atoms with van der Waals surface area (Å²) in [5.41, 5.74) is 0. The van der Waals surface area contributed by atoms with E-state index in [9.17, 15) is 14.4 Å². The predicted molar refractivity (Wildman–Crippen MR) is 275 cm³/mol. The number of unbranched alkanes of at least 4 members (excludes halogenated alkanes) is 40. The normalized spacial score (nSPS) is 12.0. The van der Waals surface area contributed by atoms with E-state index >= 15 is 0 Å². The highest BCUT2D eigenvalue weighted by atomic mass is 16.6. The maximum atomic E-state index is 12.8. The lowest BCUT2D eigenvalue weighted by atomic mass is 10.0. The quantitative estimate of drug-likeness (QED) is 0.0262. The molecule has 0 saturated carbocycles. The van der Waals surface area contributed by atoms with Crippen LogP contribution in [0, 0.1) is 0 Å². The summed E-state index contributed by atoms with van der Waals surface area (Å²) in [6, 6.07) is 0. The van der Waals surface area contributed by atoms with Gasteiger partial charge in [-0.1, -0.05) is 270 Å². The molecule has 6 nitrogen and oxygen atoms in total. The molecule has 0 heterocycles. The van der Waals surface area contributed by atoms with Gasteiger partial charge in [0.15, 0.2) is 6.10 Å². The Labute approximate surface area is 399 Å². The first-order valence-corrected chi connectivity index (χ1v) is 28.7. The van der Waals surface area contributed by atoms with Gasteiger partial charge in [0.1, 0.15) is 13.2 Å². The molecular formula is C58H110O6. The summed E-state index contributed by atoms with van der Waals surface area (Å²) in [6.45, 7) is 6.65. The van der Waals surface area contributed by atoms with E-state index in [1.54, 1.807) is 0 Å². The fraction of sp³-hybridized carbons (Fsp3) is 0.914. The second kappa shape index (κ2) is 53.8. The topological polar surface area (TPSA) is 78.9 Å². The fourth-order valence-electron chi connectivity index (χ4n) is 8.68. The zero-order valence-electron chi connectivity index (χ0n) is 43.3. The predicted octanol–water partition coefficient (Wildman–Crippen LogP) is 18.9. The van der Waals surface area contributed by atoms with Gasteiger partial charge in [0.2, 0.25) is 0 Å². The van der Waals surface area contributed by atoms with Crippen LogP contribution in [-0.2, 0) is 28.6 Å². The molecule has 1 atom stereocenters. The van der Waals surface area contributed by atoms with Crippen LogP contribution < -0.4 is 0 Å². The highest BCUT2D eigenvalue weighted by Crippen LogP contribution is 2.17. The van der Waals surface area contributed by atoms with Crippen LogP contribution in [0.25, 0.3) is 0 Å². The molecule has 0 fully saturated rings. The first-order valence-electron chi connectivity index (χ1n) is 28.7. The van der Waals surface area contributed by atoms with E-state index in [4.69, 9.17) is 14.2 Å². The van der Waals surface area contributed by atoms with Gasteiger partial charge in [-0.2, -0.15) is 0 Å². The Kier molecular flexibility index (Phi) is 52.2. The molecule has 0 saturated heterocycles. The monoisotopic (exact) mass is 903 g/mol. The first kappa shape index (κ1) is 62.1. The van der Waals surface area contributed by atoms with Crippen molar-refractivity contribution in [1.82, 2.24) is 0 Å². The number of esters is 3. The SMILES string of the molecule is CCCCCCCC/C=C\CCCCCCCCCCCC(=O)OC(COC(=O)CCCCCCCCC)COC(=O)CCCCCCCCCCCCCCCCCCCCCC. The van der Waals surface area contributed by atoms with Crippen molar-refractivity contribution < 1.29 is 28.6 Å². The number of carbonyl (C=O) groups excluding carboxylic acids is 3. The van der Waals surface area contributed by atoms with Gasteiger partial charge in [-0.15, -0.1) is 0 Å². The molecule has 0 aliphatic rings. The molecule has 0 radical (unpaired) electrons. The summed E-state index contributed by atoms with van der Waals surface area (Å²) in [5, 5.41) is 0. The zero-order chi connectivity index (χ0) is 46.5. The van der Waals surface area contributed by atoms with Crippen LogP contribution in [0.4, 0.5) is 0 Å². The molecule has 0 spiro atoms. The van der Waals surface area contributed by atoms with Crippen molar-refractivity contribution in [3.05, 3.63) is 12.2 Å². The van der Waals surface area contributed by atoms with E-state index in [0.29, 0.717) is 19.3 Å². The molecule has 0 aliphatic heterocycles. The van der Waals surface area contributed by atoms with Crippen molar-refractivity contribution in [1.29, 1.82) is 0 Å². The summed E-state index contributed by atoms with van der Waals surface area (Å²) >= 11 is 0. The number of carbonyl (C=O) groups is 3. The Morgan fingerprint density at radius 1 is 0.297 bits per heavy atom. The Morgan fingerprint density at radius 3 is 0.781 bits per heavy atom. The van der Waals surface area contributed by atoms with Crippen molar-refractivity contribution in [2.75, 3.05) is 13.2 Å². The summed E-state index contributed by atoms with van der Waals surface area (Å²) in [7, 11) is 0. The van der Waals surface area contributed by atoms with Crippen LogP contribution in [0.3, 0.4) is 0 Å². The van der Waals surface area contributed by atoms with Gasteiger partial charge in [-0.05, 0) is 44.9 Å². The summed E-state index contributed by atoms with van der Waals surface area (Å²) in [4.78, 5) is 37.9. The minimum Gasteiger partial charge on any atom is -0.462 e. The summed E-state index contributed by atoms with van der Waals surface area (Å²) in [6.07, 6.45) is 60.8. The molecule has 1 unspecified atom stereocenters. The third kappa shape index (κ3) is 51.1. The molecule has 0 aromatic rings. The minimum atomic E-state index is -0.764. The van der Waals surface area contributed by atoms with Gasteiger partial charge in [-0.3, -0.25) is 14.4 Å². The average molecular weight is 904 g/mol. The molecular weight excluding hydrogens is 793 g/mol. The molecule has 0 aromatic heterocycles. The number of hydrogen-bond donors (Lipinski definition) is 0. The van der Waals surface area contributed by atoms with Crippen LogP contribution in [-0.4, -0.2) is 37.2 Å². The molecule has 64 heavy (non-hydrogen) atoms. The van der Waals surface area contributed by atoms with Crippen molar-refractivity contribution in [3.63, 3.8) is 0 Å². The van der Waals surface area contributed by atoms with Crippen LogP contribution in [0.5, 0.6) is 0 Å². The Bertz CT molecular complexity index is 993. The van der Waals surface area contributed by atoms with Gasteiger partial charge in [-0.25, -0.2) is 0 Å². The highest BCUT2D eigenvalue weighted by molar-refractivity contribution is 5.71.